The summed E-state index contributed by atoms with van der Waals surface area (Å²) in [7, 11) is 1.51. The highest BCUT2D eigenvalue weighted by Gasteiger charge is 2.15. The largest absolute Gasteiger partial charge is 0.504 e. The Hall–Kier alpha value is -2.64. The van der Waals surface area contributed by atoms with Crippen molar-refractivity contribution in [3.63, 3.8) is 0 Å². The molecule has 4 aromatic rings. The highest BCUT2D eigenvalue weighted by atomic mass is 79.9. The lowest BCUT2D eigenvalue weighted by atomic mass is 10.1. The molecule has 0 spiro atoms. The van der Waals surface area contributed by atoms with E-state index in [0.29, 0.717) is 21.7 Å². The van der Waals surface area contributed by atoms with E-state index in [1.54, 1.807) is 12.3 Å². The van der Waals surface area contributed by atoms with Gasteiger partial charge in [0.1, 0.15) is 5.52 Å². The van der Waals surface area contributed by atoms with Crippen molar-refractivity contribution in [2.24, 2.45) is 4.99 Å². The molecule has 1 aromatic heterocycles. The second-order valence-corrected chi connectivity index (χ2v) is 8.53. The van der Waals surface area contributed by atoms with Gasteiger partial charge in [0.15, 0.2) is 17.1 Å². The molecule has 0 saturated carbocycles. The van der Waals surface area contributed by atoms with Crippen LogP contribution >= 0.6 is 31.9 Å². The molecule has 0 aliphatic carbocycles. The molecule has 0 aliphatic rings. The SMILES string of the molecule is COc1cc(Br)c(Br)c(C=Nc2cc(-c3nc4ccc(C)cc4o3)ccc2C)c1O. The summed E-state index contributed by atoms with van der Waals surface area (Å²) in [6, 6.07) is 13.5. The molecule has 0 saturated heterocycles. The van der Waals surface area contributed by atoms with Crippen molar-refractivity contribution in [2.75, 3.05) is 7.11 Å². The van der Waals surface area contributed by atoms with Gasteiger partial charge in [-0.3, -0.25) is 4.99 Å². The van der Waals surface area contributed by atoms with Crippen LogP contribution in [0.3, 0.4) is 0 Å². The topological polar surface area (TPSA) is 67.9 Å². The van der Waals surface area contributed by atoms with Crippen LogP contribution < -0.4 is 4.74 Å². The number of nitrogens with zero attached hydrogens (tertiary/aromatic N) is 2. The number of rotatable bonds is 4. The maximum atomic E-state index is 10.5. The van der Waals surface area contributed by atoms with Crippen molar-refractivity contribution in [1.82, 2.24) is 4.98 Å². The molecule has 5 nitrogen and oxygen atoms in total. The van der Waals surface area contributed by atoms with Gasteiger partial charge in [-0.1, -0.05) is 12.1 Å². The molecular weight excluding hydrogens is 512 g/mol. The predicted octanol–water partition coefficient (Wildman–Crippen LogP) is 7.10. The minimum absolute atomic E-state index is 0.0134. The van der Waals surface area contributed by atoms with Gasteiger partial charge < -0.3 is 14.3 Å². The van der Waals surface area contributed by atoms with Gasteiger partial charge in [0.25, 0.3) is 0 Å². The summed E-state index contributed by atoms with van der Waals surface area (Å²) in [5, 5.41) is 10.5. The van der Waals surface area contributed by atoms with E-state index in [2.05, 4.69) is 41.8 Å². The lowest BCUT2D eigenvalue weighted by Crippen LogP contribution is -1.92. The number of halogens is 2. The Morgan fingerprint density at radius 3 is 2.67 bits per heavy atom. The number of ether oxygens (including phenoxy) is 1. The number of aromatic nitrogens is 1. The molecule has 0 atom stereocenters. The molecule has 1 N–H and O–H groups in total. The number of phenols is 1. The minimum atomic E-state index is 0.0134. The Labute approximate surface area is 190 Å². The zero-order valence-corrected chi connectivity index (χ0v) is 19.7. The average molecular weight is 530 g/mol. The van der Waals surface area contributed by atoms with E-state index in [1.807, 2.05) is 50.2 Å². The molecule has 152 valence electrons. The summed E-state index contributed by atoms with van der Waals surface area (Å²) in [5.41, 5.74) is 5.77. The third kappa shape index (κ3) is 3.87. The van der Waals surface area contributed by atoms with Gasteiger partial charge in [-0.2, -0.15) is 0 Å². The van der Waals surface area contributed by atoms with Crippen molar-refractivity contribution in [3.8, 4) is 23.0 Å². The van der Waals surface area contributed by atoms with Crippen LogP contribution in [-0.2, 0) is 0 Å². The van der Waals surface area contributed by atoms with Crippen LogP contribution in [0.15, 0.2) is 60.8 Å². The first-order chi connectivity index (χ1) is 14.4. The van der Waals surface area contributed by atoms with E-state index in [1.165, 1.54) is 7.11 Å². The van der Waals surface area contributed by atoms with Gasteiger partial charge in [0, 0.05) is 20.7 Å². The molecule has 3 aromatic carbocycles. The number of hydrogen-bond donors (Lipinski definition) is 1. The summed E-state index contributed by atoms with van der Waals surface area (Å²) in [6.45, 7) is 3.99. The quantitative estimate of drug-likeness (QED) is 0.286. The first kappa shape index (κ1) is 20.6. The molecule has 0 fully saturated rings. The summed E-state index contributed by atoms with van der Waals surface area (Å²) in [5.74, 6) is 0.915. The van der Waals surface area contributed by atoms with Gasteiger partial charge >= 0.3 is 0 Å². The van der Waals surface area contributed by atoms with E-state index in [-0.39, 0.29) is 5.75 Å². The first-order valence-electron chi connectivity index (χ1n) is 9.14. The number of hydrogen-bond acceptors (Lipinski definition) is 5. The predicted molar refractivity (Wildman–Crippen MR) is 126 cm³/mol. The second-order valence-electron chi connectivity index (χ2n) is 6.89. The molecule has 7 heteroatoms. The number of aliphatic imine (C=N–C) groups is 1. The average Bonchev–Trinajstić information content (AvgIpc) is 3.15. The maximum absolute atomic E-state index is 10.5. The molecule has 0 amide bonds. The maximum Gasteiger partial charge on any atom is 0.227 e. The lowest BCUT2D eigenvalue weighted by Gasteiger charge is -2.10. The molecule has 0 aliphatic heterocycles. The molecule has 0 unspecified atom stereocenters. The van der Waals surface area contributed by atoms with Crippen molar-refractivity contribution in [2.45, 2.75) is 13.8 Å². The number of aromatic hydroxyl groups is 1. The number of oxazole rings is 1. The molecule has 4 rings (SSSR count). The fourth-order valence-corrected chi connectivity index (χ4v) is 3.88. The Bertz CT molecular complexity index is 1300. The summed E-state index contributed by atoms with van der Waals surface area (Å²) >= 11 is 6.94. The van der Waals surface area contributed by atoms with Gasteiger partial charge in [-0.25, -0.2) is 4.98 Å². The van der Waals surface area contributed by atoms with Crippen LogP contribution in [0.25, 0.3) is 22.6 Å². The Balaban J connectivity index is 1.75. The van der Waals surface area contributed by atoms with Crippen molar-refractivity contribution in [1.29, 1.82) is 0 Å². The van der Waals surface area contributed by atoms with Crippen LogP contribution in [-0.4, -0.2) is 23.4 Å². The molecule has 0 bridgehead atoms. The highest BCUT2D eigenvalue weighted by molar-refractivity contribution is 9.13. The van der Waals surface area contributed by atoms with Crippen molar-refractivity contribution >= 4 is 54.9 Å². The summed E-state index contributed by atoms with van der Waals surface area (Å²) in [4.78, 5) is 9.19. The van der Waals surface area contributed by atoms with Crippen molar-refractivity contribution in [3.05, 3.63) is 68.1 Å². The van der Waals surface area contributed by atoms with Crippen LogP contribution in [0, 0.1) is 13.8 Å². The fourth-order valence-electron chi connectivity index (χ4n) is 3.06. The second kappa shape index (κ2) is 8.24. The molecule has 30 heavy (non-hydrogen) atoms. The summed E-state index contributed by atoms with van der Waals surface area (Å²) in [6.07, 6.45) is 1.61. The zero-order chi connectivity index (χ0) is 21.4. The Morgan fingerprint density at radius 2 is 1.90 bits per heavy atom. The summed E-state index contributed by atoms with van der Waals surface area (Å²) < 4.78 is 12.6. The Kier molecular flexibility index (Phi) is 5.66. The van der Waals surface area contributed by atoms with Gasteiger partial charge in [0.05, 0.1) is 18.4 Å². The normalized spacial score (nSPS) is 11.5. The third-order valence-corrected chi connectivity index (χ3v) is 6.76. The molecule has 0 radical (unpaired) electrons. The first-order valence-corrected chi connectivity index (χ1v) is 10.7. The third-order valence-electron chi connectivity index (χ3n) is 4.75. The van der Waals surface area contributed by atoms with Crippen molar-refractivity contribution < 1.29 is 14.3 Å². The fraction of sp³-hybridized carbons (Fsp3) is 0.130. The van der Waals surface area contributed by atoms with E-state index in [4.69, 9.17) is 9.15 Å². The van der Waals surface area contributed by atoms with E-state index in [9.17, 15) is 5.11 Å². The van der Waals surface area contributed by atoms with Gasteiger partial charge in [0.2, 0.25) is 5.89 Å². The lowest BCUT2D eigenvalue weighted by molar-refractivity contribution is 0.372. The van der Waals surface area contributed by atoms with Crippen LogP contribution in [0.1, 0.15) is 16.7 Å². The zero-order valence-electron chi connectivity index (χ0n) is 16.5. The Morgan fingerprint density at radius 1 is 1.10 bits per heavy atom. The van der Waals surface area contributed by atoms with Crippen LogP contribution in [0.5, 0.6) is 11.5 Å². The number of phenolic OH excluding ortho intramolecular Hbond substituents is 1. The van der Waals surface area contributed by atoms with Crippen LogP contribution in [0.2, 0.25) is 0 Å². The number of fused-ring (bicyclic) bond motifs is 1. The number of benzene rings is 3. The van der Waals surface area contributed by atoms with Crippen LogP contribution in [0.4, 0.5) is 5.69 Å². The molecule has 1 heterocycles. The van der Waals surface area contributed by atoms with E-state index in [0.717, 1.165) is 38.0 Å². The monoisotopic (exact) mass is 528 g/mol. The minimum Gasteiger partial charge on any atom is -0.504 e. The molecular formula is C23H18Br2N2O3. The van der Waals surface area contributed by atoms with Gasteiger partial charge in [-0.05, 0) is 87.2 Å². The highest BCUT2D eigenvalue weighted by Crippen LogP contribution is 2.40. The smallest absolute Gasteiger partial charge is 0.227 e. The standard InChI is InChI=1S/C23H18Br2N2O3/c1-12-4-7-17-19(8-12)30-23(27-17)14-6-5-13(2)18(9-14)26-11-15-21(25)16(24)10-20(29-3)22(15)28/h4-11,28H,1-3H3. The van der Waals surface area contributed by atoms with Gasteiger partial charge in [-0.15, -0.1) is 0 Å². The van der Waals surface area contributed by atoms with E-state index >= 15 is 0 Å². The number of aryl methyl sites for hydroxylation is 2. The number of methoxy groups -OCH3 is 1. The van der Waals surface area contributed by atoms with E-state index < -0.39 is 0 Å².